The predicted molar refractivity (Wildman–Crippen MR) is 76.8 cm³/mol. The summed E-state index contributed by atoms with van der Waals surface area (Å²) in [6.45, 7) is 1.10. The number of ether oxygens (including phenoxy) is 1. The number of hydrogen-bond acceptors (Lipinski definition) is 3. The number of alkyl halides is 1. The molecule has 0 aromatic carbocycles. The van der Waals surface area contributed by atoms with Gasteiger partial charge in [0.1, 0.15) is 0 Å². The summed E-state index contributed by atoms with van der Waals surface area (Å²) in [5, 5.41) is 4.16. The van der Waals surface area contributed by atoms with Crippen molar-refractivity contribution in [2.24, 2.45) is 0 Å². The van der Waals surface area contributed by atoms with Crippen molar-refractivity contribution in [3.63, 3.8) is 0 Å². The fourth-order valence-electron chi connectivity index (χ4n) is 1.47. The first-order chi connectivity index (χ1) is 8.88. The molecule has 4 heteroatoms. The molecule has 0 saturated heterocycles. The molecule has 0 aliphatic rings. The molecule has 0 radical (unpaired) electrons. The summed E-state index contributed by atoms with van der Waals surface area (Å²) in [4.78, 5) is 4.36. The van der Waals surface area contributed by atoms with Crippen LogP contribution in [0.15, 0.2) is 41.1 Å². The van der Waals surface area contributed by atoms with Gasteiger partial charge in [0.25, 0.3) is 0 Å². The van der Waals surface area contributed by atoms with Crippen LogP contribution in [-0.4, -0.2) is 11.6 Å². The minimum absolute atomic E-state index is 0.436. The summed E-state index contributed by atoms with van der Waals surface area (Å²) in [6.07, 6.45) is 4.06. The van der Waals surface area contributed by atoms with Crippen molar-refractivity contribution in [3.05, 3.63) is 58.1 Å². The Balaban J connectivity index is 1.75. The molecule has 2 aromatic heterocycles. The van der Waals surface area contributed by atoms with Crippen LogP contribution in [-0.2, 0) is 17.2 Å². The van der Waals surface area contributed by atoms with Crippen molar-refractivity contribution >= 4 is 29.0 Å². The number of thiophene rings is 1. The zero-order valence-corrected chi connectivity index (χ0v) is 11.5. The van der Waals surface area contributed by atoms with Gasteiger partial charge in [0.05, 0.1) is 30.5 Å². The van der Waals surface area contributed by atoms with Crippen LogP contribution in [0.5, 0.6) is 0 Å². The van der Waals surface area contributed by atoms with E-state index in [1.54, 1.807) is 11.3 Å². The average Bonchev–Trinajstić information content (AvgIpc) is 2.92. The molecule has 94 valence electrons. The van der Waals surface area contributed by atoms with Gasteiger partial charge in [-0.25, -0.2) is 0 Å². The van der Waals surface area contributed by atoms with Gasteiger partial charge in [0.15, 0.2) is 0 Å². The van der Waals surface area contributed by atoms with Gasteiger partial charge in [-0.2, -0.15) is 11.3 Å². The fraction of sp³-hybridized carbons (Fsp3) is 0.214. The van der Waals surface area contributed by atoms with Crippen molar-refractivity contribution < 1.29 is 4.74 Å². The highest BCUT2D eigenvalue weighted by Crippen LogP contribution is 2.08. The Labute approximate surface area is 116 Å². The van der Waals surface area contributed by atoms with E-state index in [0.29, 0.717) is 19.1 Å². The molecule has 0 N–H and O–H groups in total. The third-order valence-electron chi connectivity index (χ3n) is 2.32. The van der Waals surface area contributed by atoms with Crippen LogP contribution in [0, 0.1) is 0 Å². The lowest BCUT2D eigenvalue weighted by Crippen LogP contribution is -1.97. The third kappa shape index (κ3) is 4.26. The molecule has 0 aliphatic heterocycles. The van der Waals surface area contributed by atoms with Crippen molar-refractivity contribution in [1.82, 2.24) is 4.98 Å². The van der Waals surface area contributed by atoms with Crippen LogP contribution in [0.25, 0.3) is 6.08 Å². The van der Waals surface area contributed by atoms with Gasteiger partial charge in [-0.05, 0) is 34.5 Å². The molecule has 0 bridgehead atoms. The van der Waals surface area contributed by atoms with Crippen molar-refractivity contribution in [2.75, 3.05) is 6.61 Å². The van der Waals surface area contributed by atoms with Crippen molar-refractivity contribution in [1.29, 1.82) is 0 Å². The number of halogens is 1. The SMILES string of the molecule is ClCc1cccc(COCC=Cc2ccsc2)n1. The lowest BCUT2D eigenvalue weighted by molar-refractivity contribution is 0.146. The van der Waals surface area contributed by atoms with E-state index in [1.165, 1.54) is 5.56 Å². The summed E-state index contributed by atoms with van der Waals surface area (Å²) in [6, 6.07) is 7.88. The molecular formula is C14H14ClNOS. The molecule has 0 spiro atoms. The fourth-order valence-corrected chi connectivity index (χ4v) is 2.25. The first-order valence-corrected chi connectivity index (χ1v) is 7.13. The largest absolute Gasteiger partial charge is 0.371 e. The van der Waals surface area contributed by atoms with Crippen LogP contribution < -0.4 is 0 Å². The third-order valence-corrected chi connectivity index (χ3v) is 3.29. The highest BCUT2D eigenvalue weighted by atomic mass is 35.5. The Morgan fingerprint density at radius 3 is 2.94 bits per heavy atom. The van der Waals surface area contributed by atoms with Crippen LogP contribution in [0.4, 0.5) is 0 Å². The van der Waals surface area contributed by atoms with Gasteiger partial charge in [-0.3, -0.25) is 4.98 Å². The normalized spacial score (nSPS) is 11.2. The smallest absolute Gasteiger partial charge is 0.0892 e. The summed E-state index contributed by atoms with van der Waals surface area (Å²) < 4.78 is 5.53. The Morgan fingerprint density at radius 2 is 2.17 bits per heavy atom. The number of hydrogen-bond donors (Lipinski definition) is 0. The van der Waals surface area contributed by atoms with E-state index < -0.39 is 0 Å². The van der Waals surface area contributed by atoms with E-state index in [4.69, 9.17) is 16.3 Å². The Morgan fingerprint density at radius 1 is 1.28 bits per heavy atom. The lowest BCUT2D eigenvalue weighted by atomic mass is 10.3. The number of pyridine rings is 1. The van der Waals surface area contributed by atoms with E-state index in [2.05, 4.69) is 27.9 Å². The van der Waals surface area contributed by atoms with E-state index in [1.807, 2.05) is 24.3 Å². The Bertz CT molecular complexity index is 496. The molecule has 0 aliphatic carbocycles. The second kappa shape index (κ2) is 7.31. The second-order valence-electron chi connectivity index (χ2n) is 3.73. The molecule has 0 saturated carbocycles. The highest BCUT2D eigenvalue weighted by molar-refractivity contribution is 7.08. The standard InChI is InChI=1S/C14H14ClNOS/c15-9-13-4-1-5-14(16-13)10-17-7-2-3-12-6-8-18-11-12/h1-6,8,11H,7,9-10H2. The number of nitrogens with zero attached hydrogens (tertiary/aromatic N) is 1. The quantitative estimate of drug-likeness (QED) is 0.586. The maximum Gasteiger partial charge on any atom is 0.0892 e. The average molecular weight is 280 g/mol. The van der Waals surface area contributed by atoms with Crippen molar-refractivity contribution in [3.8, 4) is 0 Å². The molecule has 2 nitrogen and oxygen atoms in total. The number of aromatic nitrogens is 1. The van der Waals surface area contributed by atoms with Gasteiger partial charge in [0, 0.05) is 0 Å². The first kappa shape index (κ1) is 13.3. The minimum Gasteiger partial charge on any atom is -0.371 e. The van der Waals surface area contributed by atoms with Gasteiger partial charge < -0.3 is 4.74 Å². The molecule has 2 aromatic rings. The predicted octanol–water partition coefficient (Wildman–Crippen LogP) is 4.11. The van der Waals surface area contributed by atoms with E-state index in [9.17, 15) is 0 Å². The maximum atomic E-state index is 5.73. The van der Waals surface area contributed by atoms with E-state index >= 15 is 0 Å². The summed E-state index contributed by atoms with van der Waals surface area (Å²) in [5.41, 5.74) is 3.01. The minimum atomic E-state index is 0.436. The van der Waals surface area contributed by atoms with E-state index in [-0.39, 0.29) is 0 Å². The van der Waals surface area contributed by atoms with Crippen LogP contribution in [0.1, 0.15) is 17.0 Å². The monoisotopic (exact) mass is 279 g/mol. The van der Waals surface area contributed by atoms with Crippen molar-refractivity contribution in [2.45, 2.75) is 12.5 Å². The van der Waals surface area contributed by atoms with Crippen LogP contribution in [0.2, 0.25) is 0 Å². The maximum absolute atomic E-state index is 5.73. The molecule has 2 heterocycles. The number of rotatable bonds is 6. The Hall–Kier alpha value is -1.16. The first-order valence-electron chi connectivity index (χ1n) is 5.66. The Kier molecular flexibility index (Phi) is 5.39. The molecule has 0 amide bonds. The molecule has 2 rings (SSSR count). The van der Waals surface area contributed by atoms with Gasteiger partial charge in [-0.1, -0.05) is 18.2 Å². The second-order valence-corrected chi connectivity index (χ2v) is 4.78. The van der Waals surface area contributed by atoms with Crippen LogP contribution >= 0.6 is 22.9 Å². The topological polar surface area (TPSA) is 22.1 Å². The van der Waals surface area contributed by atoms with Crippen LogP contribution in [0.3, 0.4) is 0 Å². The van der Waals surface area contributed by atoms with Gasteiger partial charge in [0.2, 0.25) is 0 Å². The highest BCUT2D eigenvalue weighted by Gasteiger charge is 1.96. The van der Waals surface area contributed by atoms with E-state index in [0.717, 1.165) is 11.4 Å². The summed E-state index contributed by atoms with van der Waals surface area (Å²) >= 11 is 7.42. The summed E-state index contributed by atoms with van der Waals surface area (Å²) in [7, 11) is 0. The zero-order chi connectivity index (χ0) is 12.6. The summed E-state index contributed by atoms with van der Waals surface area (Å²) in [5.74, 6) is 0.436. The zero-order valence-electron chi connectivity index (χ0n) is 9.88. The lowest BCUT2D eigenvalue weighted by Gasteiger charge is -2.02. The molecular weight excluding hydrogens is 266 g/mol. The molecule has 0 unspecified atom stereocenters. The van der Waals surface area contributed by atoms with Gasteiger partial charge in [-0.15, -0.1) is 11.6 Å². The van der Waals surface area contributed by atoms with Gasteiger partial charge >= 0.3 is 0 Å². The molecule has 18 heavy (non-hydrogen) atoms. The molecule has 0 atom stereocenters. The molecule has 0 fully saturated rings.